The summed E-state index contributed by atoms with van der Waals surface area (Å²) in [6, 6.07) is 0. The molecule has 1 fully saturated rings. The summed E-state index contributed by atoms with van der Waals surface area (Å²) in [6.45, 7) is 11.2. The molecule has 0 saturated carbocycles. The molecule has 0 aromatic rings. The van der Waals surface area contributed by atoms with Gasteiger partial charge in [0.25, 0.3) is 0 Å². The minimum absolute atomic E-state index is 0.157. The van der Waals surface area contributed by atoms with Gasteiger partial charge in [-0.05, 0) is 26.7 Å². The maximum Gasteiger partial charge on any atom is 0.168 e. The predicted octanol–water partition coefficient (Wildman–Crippen LogP) is 2.65. The number of hydrogen-bond donors (Lipinski definition) is 0. The molecular weight excluding hydrogens is 176 g/mol. The van der Waals surface area contributed by atoms with Crippen molar-refractivity contribution in [2.24, 2.45) is 0 Å². The summed E-state index contributed by atoms with van der Waals surface area (Å²) in [5.41, 5.74) is 0.664. The van der Waals surface area contributed by atoms with Gasteiger partial charge in [0.15, 0.2) is 5.78 Å². The molecule has 0 amide bonds. The number of carbonyl (C=O) groups excluding carboxylic acids is 1. The number of ketones is 1. The molecule has 14 heavy (non-hydrogen) atoms. The normalized spacial score (nSPS) is 29.7. The molecule has 2 nitrogen and oxygen atoms in total. The summed E-state index contributed by atoms with van der Waals surface area (Å²) >= 11 is 0. The first kappa shape index (κ1) is 11.2. The van der Waals surface area contributed by atoms with Crippen LogP contribution in [-0.4, -0.2) is 17.5 Å². The maximum absolute atomic E-state index is 11.6. The first-order valence-electron chi connectivity index (χ1n) is 4.95. The van der Waals surface area contributed by atoms with Gasteiger partial charge < -0.3 is 4.74 Å². The number of allylic oxidation sites excluding steroid dienone is 2. The molecule has 2 unspecified atom stereocenters. The SMILES string of the molecule is C=CCCC1(C)OC1C(=O)CC(=C)C. The maximum atomic E-state index is 11.6. The molecule has 0 bridgehead atoms. The summed E-state index contributed by atoms with van der Waals surface area (Å²) in [4.78, 5) is 11.6. The summed E-state index contributed by atoms with van der Waals surface area (Å²) in [5.74, 6) is 0.157. The summed E-state index contributed by atoms with van der Waals surface area (Å²) < 4.78 is 5.43. The molecule has 0 aliphatic carbocycles. The number of Topliss-reactive ketones (excluding diaryl/α,β-unsaturated/α-hetero) is 1. The van der Waals surface area contributed by atoms with Crippen molar-refractivity contribution >= 4 is 5.78 Å². The molecule has 2 heteroatoms. The zero-order chi connectivity index (χ0) is 10.8. The van der Waals surface area contributed by atoms with Crippen molar-refractivity contribution in [1.29, 1.82) is 0 Å². The fraction of sp³-hybridized carbons (Fsp3) is 0.583. The highest BCUT2D eigenvalue weighted by atomic mass is 16.6. The molecule has 0 N–H and O–H groups in total. The second kappa shape index (κ2) is 4.09. The Morgan fingerprint density at radius 2 is 2.29 bits per heavy atom. The van der Waals surface area contributed by atoms with E-state index in [0.717, 1.165) is 18.4 Å². The zero-order valence-electron chi connectivity index (χ0n) is 9.01. The van der Waals surface area contributed by atoms with E-state index in [1.807, 2.05) is 19.9 Å². The average molecular weight is 194 g/mol. The van der Waals surface area contributed by atoms with Crippen LogP contribution in [0.25, 0.3) is 0 Å². The van der Waals surface area contributed by atoms with Crippen molar-refractivity contribution < 1.29 is 9.53 Å². The lowest BCUT2D eigenvalue weighted by atomic mass is 9.96. The molecule has 1 saturated heterocycles. The van der Waals surface area contributed by atoms with Crippen LogP contribution in [0.2, 0.25) is 0 Å². The fourth-order valence-corrected chi connectivity index (χ4v) is 1.61. The Morgan fingerprint density at radius 1 is 1.64 bits per heavy atom. The van der Waals surface area contributed by atoms with E-state index in [0.29, 0.717) is 6.42 Å². The highest BCUT2D eigenvalue weighted by molar-refractivity contribution is 5.88. The van der Waals surface area contributed by atoms with Gasteiger partial charge in [-0.3, -0.25) is 4.79 Å². The Labute approximate surface area is 85.6 Å². The van der Waals surface area contributed by atoms with E-state index >= 15 is 0 Å². The van der Waals surface area contributed by atoms with Gasteiger partial charge in [-0.25, -0.2) is 0 Å². The van der Waals surface area contributed by atoms with Crippen LogP contribution >= 0.6 is 0 Å². The average Bonchev–Trinajstić information content (AvgIpc) is 2.74. The van der Waals surface area contributed by atoms with Crippen LogP contribution < -0.4 is 0 Å². The van der Waals surface area contributed by atoms with E-state index in [2.05, 4.69) is 13.2 Å². The molecule has 1 heterocycles. The number of hydrogen-bond acceptors (Lipinski definition) is 2. The highest BCUT2D eigenvalue weighted by Gasteiger charge is 2.55. The number of ether oxygens (including phenoxy) is 1. The molecule has 1 aliphatic rings. The van der Waals surface area contributed by atoms with Crippen molar-refractivity contribution in [2.75, 3.05) is 0 Å². The van der Waals surface area contributed by atoms with Gasteiger partial charge in [0.2, 0.25) is 0 Å². The standard InChI is InChI=1S/C12H18O2/c1-5-6-7-12(4)11(14-12)10(13)8-9(2)3/h5,11H,1-2,6-8H2,3-4H3. The van der Waals surface area contributed by atoms with Gasteiger partial charge in [0.1, 0.15) is 11.7 Å². The summed E-state index contributed by atoms with van der Waals surface area (Å²) in [7, 11) is 0. The van der Waals surface area contributed by atoms with Crippen molar-refractivity contribution in [3.05, 3.63) is 24.8 Å². The van der Waals surface area contributed by atoms with Gasteiger partial charge in [-0.15, -0.1) is 6.58 Å². The van der Waals surface area contributed by atoms with Crippen LogP contribution in [0.1, 0.15) is 33.1 Å². The van der Waals surface area contributed by atoms with Crippen LogP contribution in [0, 0.1) is 0 Å². The number of epoxide rings is 1. The van der Waals surface area contributed by atoms with E-state index in [9.17, 15) is 4.79 Å². The lowest BCUT2D eigenvalue weighted by Gasteiger charge is -2.02. The molecule has 1 aliphatic heterocycles. The van der Waals surface area contributed by atoms with E-state index in [4.69, 9.17) is 4.74 Å². The minimum atomic E-state index is -0.235. The van der Waals surface area contributed by atoms with Crippen molar-refractivity contribution in [2.45, 2.75) is 44.8 Å². The summed E-state index contributed by atoms with van der Waals surface area (Å²) in [6.07, 6.45) is 3.86. The molecule has 78 valence electrons. The lowest BCUT2D eigenvalue weighted by Crippen LogP contribution is -2.17. The smallest absolute Gasteiger partial charge is 0.168 e. The first-order chi connectivity index (χ1) is 6.49. The van der Waals surface area contributed by atoms with Gasteiger partial charge in [-0.2, -0.15) is 0 Å². The minimum Gasteiger partial charge on any atom is -0.358 e. The Morgan fingerprint density at radius 3 is 2.79 bits per heavy atom. The van der Waals surface area contributed by atoms with Crippen molar-refractivity contribution in [1.82, 2.24) is 0 Å². The van der Waals surface area contributed by atoms with Crippen molar-refractivity contribution in [3.8, 4) is 0 Å². The second-order valence-electron chi connectivity index (χ2n) is 4.24. The van der Waals surface area contributed by atoms with E-state index in [-0.39, 0.29) is 17.5 Å². The highest BCUT2D eigenvalue weighted by Crippen LogP contribution is 2.41. The number of rotatable bonds is 6. The molecule has 0 spiro atoms. The molecule has 1 rings (SSSR count). The summed E-state index contributed by atoms with van der Waals surface area (Å²) in [5, 5.41) is 0. The lowest BCUT2D eigenvalue weighted by molar-refractivity contribution is -0.119. The van der Waals surface area contributed by atoms with Crippen molar-refractivity contribution in [3.63, 3.8) is 0 Å². The van der Waals surface area contributed by atoms with Gasteiger partial charge in [0.05, 0.1) is 0 Å². The van der Waals surface area contributed by atoms with Gasteiger partial charge in [0, 0.05) is 6.42 Å². The molecular formula is C12H18O2. The van der Waals surface area contributed by atoms with E-state index in [1.165, 1.54) is 0 Å². The molecule has 0 radical (unpaired) electrons. The predicted molar refractivity (Wildman–Crippen MR) is 57.1 cm³/mol. The van der Waals surface area contributed by atoms with Crippen LogP contribution in [-0.2, 0) is 9.53 Å². The monoisotopic (exact) mass is 194 g/mol. The fourth-order valence-electron chi connectivity index (χ4n) is 1.61. The van der Waals surface area contributed by atoms with Crippen LogP contribution in [0.3, 0.4) is 0 Å². The van der Waals surface area contributed by atoms with Gasteiger partial charge in [-0.1, -0.05) is 18.2 Å². The largest absolute Gasteiger partial charge is 0.358 e. The molecule has 0 aromatic carbocycles. The number of carbonyl (C=O) groups is 1. The zero-order valence-corrected chi connectivity index (χ0v) is 9.01. The van der Waals surface area contributed by atoms with E-state index in [1.54, 1.807) is 0 Å². The Kier molecular flexibility index (Phi) is 3.27. The third-order valence-corrected chi connectivity index (χ3v) is 2.50. The quantitative estimate of drug-likeness (QED) is 0.480. The van der Waals surface area contributed by atoms with E-state index < -0.39 is 0 Å². The third-order valence-electron chi connectivity index (χ3n) is 2.50. The second-order valence-corrected chi connectivity index (χ2v) is 4.24. The van der Waals surface area contributed by atoms with Gasteiger partial charge >= 0.3 is 0 Å². The Balaban J connectivity index is 2.39. The van der Waals surface area contributed by atoms with Crippen LogP contribution in [0.15, 0.2) is 24.8 Å². The Hall–Kier alpha value is -0.890. The Bertz CT molecular complexity index is 267. The first-order valence-corrected chi connectivity index (χ1v) is 4.95. The van der Waals surface area contributed by atoms with Crippen LogP contribution in [0.5, 0.6) is 0 Å². The molecule has 0 aromatic heterocycles. The topological polar surface area (TPSA) is 29.6 Å². The van der Waals surface area contributed by atoms with Crippen LogP contribution in [0.4, 0.5) is 0 Å². The molecule has 2 atom stereocenters. The third kappa shape index (κ3) is 2.55.